The number of aliphatic hydroxyl groups excluding tert-OH is 1. The van der Waals surface area contributed by atoms with Crippen molar-refractivity contribution in [2.45, 2.75) is 45.2 Å². The van der Waals surface area contributed by atoms with Crippen LogP contribution in [0.5, 0.6) is 0 Å². The third kappa shape index (κ3) is 4.97. The number of sulfonamides is 1. The van der Waals surface area contributed by atoms with Crippen LogP contribution in [0.4, 0.5) is 5.69 Å². The van der Waals surface area contributed by atoms with Gasteiger partial charge >= 0.3 is 0 Å². The van der Waals surface area contributed by atoms with Gasteiger partial charge in [-0.15, -0.1) is 0 Å². The van der Waals surface area contributed by atoms with E-state index >= 15 is 0 Å². The van der Waals surface area contributed by atoms with Crippen LogP contribution in [-0.4, -0.2) is 31.9 Å². The number of benzene rings is 1. The second kappa shape index (κ2) is 7.44. The summed E-state index contributed by atoms with van der Waals surface area (Å²) in [4.78, 5) is 0. The molecule has 3 N–H and O–H groups in total. The summed E-state index contributed by atoms with van der Waals surface area (Å²) in [5.41, 5.74) is 1.70. The molecule has 0 bridgehead atoms. The van der Waals surface area contributed by atoms with Gasteiger partial charge in [-0.2, -0.15) is 0 Å². The van der Waals surface area contributed by atoms with Crippen LogP contribution in [0.1, 0.15) is 44.7 Å². The first-order chi connectivity index (χ1) is 10.4. The summed E-state index contributed by atoms with van der Waals surface area (Å²) < 4.78 is 25.6. The average molecular weight is 326 g/mol. The van der Waals surface area contributed by atoms with Crippen LogP contribution in [-0.2, 0) is 10.0 Å². The Labute approximate surface area is 133 Å². The van der Waals surface area contributed by atoms with Crippen LogP contribution in [0.25, 0.3) is 0 Å². The Bertz CT molecular complexity index is 568. The zero-order chi connectivity index (χ0) is 16.2. The Kier molecular flexibility index (Phi) is 5.83. The Morgan fingerprint density at radius 3 is 2.41 bits per heavy atom. The fourth-order valence-electron chi connectivity index (χ4n) is 2.60. The molecule has 22 heavy (non-hydrogen) atoms. The van der Waals surface area contributed by atoms with E-state index in [-0.39, 0.29) is 18.4 Å². The normalized spacial score (nSPS) is 18.0. The van der Waals surface area contributed by atoms with E-state index < -0.39 is 10.0 Å². The third-order valence-electron chi connectivity index (χ3n) is 4.16. The van der Waals surface area contributed by atoms with E-state index in [9.17, 15) is 8.42 Å². The molecule has 0 aliphatic heterocycles. The van der Waals surface area contributed by atoms with Crippen molar-refractivity contribution in [2.24, 2.45) is 5.92 Å². The summed E-state index contributed by atoms with van der Waals surface area (Å²) in [5.74, 6) is 0.752. The first-order valence-electron chi connectivity index (χ1n) is 7.92. The number of aliphatic hydroxyl groups is 1. The first kappa shape index (κ1) is 17.2. The Morgan fingerprint density at radius 1 is 1.27 bits per heavy atom. The first-order valence-corrected chi connectivity index (χ1v) is 9.57. The van der Waals surface area contributed by atoms with E-state index in [4.69, 9.17) is 5.11 Å². The van der Waals surface area contributed by atoms with Gasteiger partial charge in [-0.1, -0.05) is 12.1 Å². The van der Waals surface area contributed by atoms with Gasteiger partial charge < -0.3 is 10.4 Å². The smallest absolute Gasteiger partial charge is 0.232 e. The van der Waals surface area contributed by atoms with Crippen molar-refractivity contribution in [3.8, 4) is 0 Å². The summed E-state index contributed by atoms with van der Waals surface area (Å²) in [6.07, 6.45) is 3.26. The van der Waals surface area contributed by atoms with Gasteiger partial charge in [0, 0.05) is 24.4 Å². The minimum atomic E-state index is -3.23. The maximum Gasteiger partial charge on any atom is 0.232 e. The molecule has 6 heteroatoms. The zero-order valence-electron chi connectivity index (χ0n) is 13.2. The Hall–Kier alpha value is -1.11. The summed E-state index contributed by atoms with van der Waals surface area (Å²) in [7, 11) is -3.23. The third-order valence-corrected chi connectivity index (χ3v) is 5.47. The molecule has 1 aromatic rings. The predicted octanol–water partition coefficient (Wildman–Crippen LogP) is 2.26. The molecule has 0 heterocycles. The van der Waals surface area contributed by atoms with Gasteiger partial charge in [0.15, 0.2) is 0 Å². The molecule has 2 unspecified atom stereocenters. The maximum absolute atomic E-state index is 11.5. The highest BCUT2D eigenvalue weighted by molar-refractivity contribution is 7.92. The molecule has 5 nitrogen and oxygen atoms in total. The van der Waals surface area contributed by atoms with Gasteiger partial charge in [-0.3, -0.25) is 4.72 Å². The number of nitrogens with one attached hydrogen (secondary N) is 2. The van der Waals surface area contributed by atoms with Gasteiger partial charge in [0.05, 0.1) is 5.75 Å². The van der Waals surface area contributed by atoms with Crippen LogP contribution in [0.2, 0.25) is 0 Å². The molecule has 0 saturated heterocycles. The van der Waals surface area contributed by atoms with Crippen LogP contribution >= 0.6 is 0 Å². The quantitative estimate of drug-likeness (QED) is 0.650. The molecular weight excluding hydrogens is 300 g/mol. The summed E-state index contributed by atoms with van der Waals surface area (Å²) in [5, 5.41) is 12.7. The van der Waals surface area contributed by atoms with Gasteiger partial charge in [0.25, 0.3) is 0 Å². The molecule has 0 aromatic heterocycles. The molecule has 0 amide bonds. The second-order valence-corrected chi connectivity index (χ2v) is 7.98. The fraction of sp³-hybridized carbons (Fsp3) is 0.625. The highest BCUT2D eigenvalue weighted by Gasteiger charge is 2.31. The number of hydrogen-bond acceptors (Lipinski definition) is 4. The van der Waals surface area contributed by atoms with E-state index in [1.165, 1.54) is 12.8 Å². The average Bonchev–Trinajstić information content (AvgIpc) is 3.32. The molecule has 2 rings (SSSR count). The van der Waals surface area contributed by atoms with E-state index in [1.807, 2.05) is 12.1 Å². The minimum absolute atomic E-state index is 0.0664. The van der Waals surface area contributed by atoms with Crippen molar-refractivity contribution < 1.29 is 13.5 Å². The van der Waals surface area contributed by atoms with Crippen molar-refractivity contribution >= 4 is 15.7 Å². The molecule has 124 valence electrons. The lowest BCUT2D eigenvalue weighted by molar-refractivity contribution is 0.250. The van der Waals surface area contributed by atoms with E-state index in [0.29, 0.717) is 17.6 Å². The standard InChI is InChI=1S/C16H26N2O3S/c1-3-22(20,21)18-15-8-6-13(7-9-15)12(2)17-16(10-11-19)14-4-5-14/h6-9,12,14,16-19H,3-5,10-11H2,1-2H3. The maximum atomic E-state index is 11.5. The predicted molar refractivity (Wildman–Crippen MR) is 89.3 cm³/mol. The fourth-order valence-corrected chi connectivity index (χ4v) is 3.24. The molecule has 1 aliphatic carbocycles. The zero-order valence-corrected chi connectivity index (χ0v) is 14.1. The van der Waals surface area contributed by atoms with E-state index in [1.54, 1.807) is 19.1 Å². The van der Waals surface area contributed by atoms with Crippen LogP contribution in [0.3, 0.4) is 0 Å². The van der Waals surface area contributed by atoms with Crippen molar-refractivity contribution in [1.29, 1.82) is 0 Å². The summed E-state index contributed by atoms with van der Waals surface area (Å²) >= 11 is 0. The van der Waals surface area contributed by atoms with Gasteiger partial charge in [-0.25, -0.2) is 8.42 Å². The lowest BCUT2D eigenvalue weighted by Gasteiger charge is -2.23. The second-order valence-electron chi connectivity index (χ2n) is 5.97. The molecule has 1 saturated carbocycles. The van der Waals surface area contributed by atoms with Gasteiger partial charge in [-0.05, 0) is 56.7 Å². The minimum Gasteiger partial charge on any atom is -0.396 e. The van der Waals surface area contributed by atoms with E-state index in [2.05, 4.69) is 17.0 Å². The number of hydrogen-bond donors (Lipinski definition) is 3. The van der Waals surface area contributed by atoms with Crippen molar-refractivity contribution in [1.82, 2.24) is 5.32 Å². The number of anilines is 1. The molecule has 2 atom stereocenters. The number of rotatable bonds is 9. The van der Waals surface area contributed by atoms with Crippen LogP contribution in [0, 0.1) is 5.92 Å². The van der Waals surface area contributed by atoms with Crippen LogP contribution < -0.4 is 10.0 Å². The molecule has 1 fully saturated rings. The largest absolute Gasteiger partial charge is 0.396 e. The molecule has 1 aromatic carbocycles. The highest BCUT2D eigenvalue weighted by atomic mass is 32.2. The molecular formula is C16H26N2O3S. The Morgan fingerprint density at radius 2 is 1.91 bits per heavy atom. The van der Waals surface area contributed by atoms with Gasteiger partial charge in [0.2, 0.25) is 10.0 Å². The van der Waals surface area contributed by atoms with Crippen molar-refractivity contribution in [3.05, 3.63) is 29.8 Å². The van der Waals surface area contributed by atoms with Crippen molar-refractivity contribution in [3.63, 3.8) is 0 Å². The van der Waals surface area contributed by atoms with Gasteiger partial charge in [0.1, 0.15) is 0 Å². The lowest BCUT2D eigenvalue weighted by Crippen LogP contribution is -2.34. The van der Waals surface area contributed by atoms with E-state index in [0.717, 1.165) is 12.0 Å². The summed E-state index contributed by atoms with van der Waals surface area (Å²) in [6, 6.07) is 7.99. The molecule has 1 aliphatic rings. The lowest BCUT2D eigenvalue weighted by atomic mass is 10.0. The molecule has 0 spiro atoms. The highest BCUT2D eigenvalue weighted by Crippen LogP contribution is 2.35. The van der Waals surface area contributed by atoms with Crippen LogP contribution in [0.15, 0.2) is 24.3 Å². The Balaban J connectivity index is 1.97. The SMILES string of the molecule is CCS(=O)(=O)Nc1ccc(C(C)NC(CCO)C2CC2)cc1. The topological polar surface area (TPSA) is 78.4 Å². The summed E-state index contributed by atoms with van der Waals surface area (Å²) in [6.45, 7) is 3.92. The molecule has 0 radical (unpaired) electrons. The monoisotopic (exact) mass is 326 g/mol. The van der Waals surface area contributed by atoms with Crippen molar-refractivity contribution in [2.75, 3.05) is 17.1 Å².